The third kappa shape index (κ3) is 5.99. The molecular formula is C19H25N3O3. The molecule has 2 aromatic rings. The predicted octanol–water partition coefficient (Wildman–Crippen LogP) is 4.50. The van der Waals surface area contributed by atoms with Crippen molar-refractivity contribution >= 4 is 11.7 Å². The Morgan fingerprint density at radius 2 is 2.00 bits per heavy atom. The van der Waals surface area contributed by atoms with Crippen molar-refractivity contribution < 1.29 is 14.3 Å². The molecule has 134 valence electrons. The van der Waals surface area contributed by atoms with E-state index in [9.17, 15) is 4.79 Å². The average molecular weight is 343 g/mol. The maximum Gasteiger partial charge on any atom is 0.319 e. The van der Waals surface area contributed by atoms with Crippen molar-refractivity contribution in [1.82, 2.24) is 10.3 Å². The van der Waals surface area contributed by atoms with Gasteiger partial charge < -0.3 is 20.1 Å². The first-order chi connectivity index (χ1) is 12.1. The van der Waals surface area contributed by atoms with E-state index in [2.05, 4.69) is 22.5 Å². The third-order valence-electron chi connectivity index (χ3n) is 3.59. The van der Waals surface area contributed by atoms with Crippen molar-refractivity contribution in [2.24, 2.45) is 0 Å². The molecule has 0 unspecified atom stereocenters. The molecule has 0 saturated heterocycles. The van der Waals surface area contributed by atoms with E-state index in [1.54, 1.807) is 25.4 Å². The number of aryl methyl sites for hydroxylation is 1. The summed E-state index contributed by atoms with van der Waals surface area (Å²) in [4.78, 5) is 16.0. The van der Waals surface area contributed by atoms with Gasteiger partial charge in [0.25, 0.3) is 0 Å². The lowest BCUT2D eigenvalue weighted by molar-refractivity contribution is 0.252. The van der Waals surface area contributed by atoms with E-state index in [0.29, 0.717) is 29.6 Å². The van der Waals surface area contributed by atoms with Gasteiger partial charge >= 0.3 is 6.03 Å². The number of nitrogens with one attached hydrogen (secondary N) is 2. The smallest absolute Gasteiger partial charge is 0.319 e. The number of carbonyl (C=O) groups is 1. The summed E-state index contributed by atoms with van der Waals surface area (Å²) >= 11 is 0. The number of nitrogens with zero attached hydrogens (tertiary/aromatic N) is 1. The number of urea groups is 1. The summed E-state index contributed by atoms with van der Waals surface area (Å²) in [5.74, 6) is 1.67. The van der Waals surface area contributed by atoms with Crippen LogP contribution in [0.1, 0.15) is 31.7 Å². The van der Waals surface area contributed by atoms with Gasteiger partial charge in [0.2, 0.25) is 5.88 Å². The minimum Gasteiger partial charge on any atom is -0.493 e. The fourth-order valence-corrected chi connectivity index (χ4v) is 2.24. The first kappa shape index (κ1) is 18.6. The zero-order chi connectivity index (χ0) is 18.1. The molecule has 0 spiro atoms. The molecule has 0 fully saturated rings. The van der Waals surface area contributed by atoms with Crippen molar-refractivity contribution in [3.8, 4) is 17.4 Å². The van der Waals surface area contributed by atoms with E-state index in [1.165, 1.54) is 0 Å². The molecule has 0 atom stereocenters. The molecule has 2 amide bonds. The van der Waals surface area contributed by atoms with Gasteiger partial charge in [-0.2, -0.15) is 0 Å². The Morgan fingerprint density at radius 1 is 1.16 bits per heavy atom. The molecule has 2 rings (SSSR count). The van der Waals surface area contributed by atoms with Gasteiger partial charge in [0, 0.05) is 12.6 Å². The van der Waals surface area contributed by atoms with Crippen LogP contribution < -0.4 is 20.1 Å². The molecule has 1 aromatic heterocycles. The Kier molecular flexibility index (Phi) is 7.07. The fourth-order valence-electron chi connectivity index (χ4n) is 2.24. The summed E-state index contributed by atoms with van der Waals surface area (Å²) in [6.07, 6.45) is 4.77. The highest BCUT2D eigenvalue weighted by molar-refractivity contribution is 5.88. The van der Waals surface area contributed by atoms with Gasteiger partial charge in [-0.05, 0) is 37.1 Å². The van der Waals surface area contributed by atoms with Crippen LogP contribution in [0.4, 0.5) is 10.5 Å². The zero-order valence-electron chi connectivity index (χ0n) is 15.0. The molecule has 2 N–H and O–H groups in total. The maximum absolute atomic E-state index is 11.8. The van der Waals surface area contributed by atoms with Gasteiger partial charge in [-0.15, -0.1) is 0 Å². The highest BCUT2D eigenvalue weighted by Gasteiger charge is 2.07. The average Bonchev–Trinajstić information content (AvgIpc) is 2.62. The van der Waals surface area contributed by atoms with Crippen LogP contribution in [0.2, 0.25) is 0 Å². The van der Waals surface area contributed by atoms with Crippen LogP contribution in [0.3, 0.4) is 0 Å². The normalized spacial score (nSPS) is 10.2. The maximum atomic E-state index is 11.8. The first-order valence-electron chi connectivity index (χ1n) is 8.45. The summed E-state index contributed by atoms with van der Waals surface area (Å²) in [5, 5.41) is 5.56. The Hall–Kier alpha value is -2.76. The molecule has 1 heterocycles. The molecule has 1 aromatic carbocycles. The summed E-state index contributed by atoms with van der Waals surface area (Å²) in [6, 6.07) is 8.89. The fraction of sp³-hybridized carbons (Fsp3) is 0.368. The molecule has 0 aliphatic heterocycles. The minimum atomic E-state index is -0.230. The monoisotopic (exact) mass is 343 g/mol. The quantitative estimate of drug-likeness (QED) is 0.692. The standard InChI is InChI=1S/C19H25N3O3/c1-4-5-6-11-20-19(23)22-15-8-10-18(21-13-15)25-16-9-7-14(2)12-17(16)24-3/h7-10,12-13H,4-6,11H2,1-3H3,(H2,20,22,23). The van der Waals surface area contributed by atoms with Crippen LogP contribution in [0, 0.1) is 6.92 Å². The Morgan fingerprint density at radius 3 is 2.68 bits per heavy atom. The van der Waals surface area contributed by atoms with Crippen LogP contribution in [-0.4, -0.2) is 24.7 Å². The van der Waals surface area contributed by atoms with Gasteiger partial charge in [0.05, 0.1) is 19.0 Å². The van der Waals surface area contributed by atoms with Crippen LogP contribution >= 0.6 is 0 Å². The second-order valence-corrected chi connectivity index (χ2v) is 5.73. The van der Waals surface area contributed by atoms with Gasteiger partial charge in [0.15, 0.2) is 11.5 Å². The van der Waals surface area contributed by atoms with E-state index in [0.717, 1.165) is 24.8 Å². The summed E-state index contributed by atoms with van der Waals surface area (Å²) in [5.41, 5.74) is 1.69. The van der Waals surface area contributed by atoms with E-state index in [1.807, 2.05) is 25.1 Å². The van der Waals surface area contributed by atoms with Gasteiger partial charge in [-0.3, -0.25) is 0 Å². The number of unbranched alkanes of at least 4 members (excludes halogenated alkanes) is 2. The number of anilines is 1. The predicted molar refractivity (Wildman–Crippen MR) is 98.6 cm³/mol. The lowest BCUT2D eigenvalue weighted by Gasteiger charge is -2.11. The van der Waals surface area contributed by atoms with Crippen molar-refractivity contribution in [2.75, 3.05) is 19.0 Å². The number of carbonyl (C=O) groups excluding carboxylic acids is 1. The number of hydrogen-bond donors (Lipinski definition) is 2. The van der Waals surface area contributed by atoms with Crippen molar-refractivity contribution in [1.29, 1.82) is 0 Å². The summed E-state index contributed by atoms with van der Waals surface area (Å²) < 4.78 is 11.1. The number of rotatable bonds is 8. The van der Waals surface area contributed by atoms with Crippen molar-refractivity contribution in [3.63, 3.8) is 0 Å². The topological polar surface area (TPSA) is 72.5 Å². The second-order valence-electron chi connectivity index (χ2n) is 5.73. The summed E-state index contributed by atoms with van der Waals surface area (Å²) in [7, 11) is 1.60. The first-order valence-corrected chi connectivity index (χ1v) is 8.45. The highest BCUT2D eigenvalue weighted by atomic mass is 16.5. The largest absolute Gasteiger partial charge is 0.493 e. The van der Waals surface area contributed by atoms with Crippen LogP contribution in [0.25, 0.3) is 0 Å². The highest BCUT2D eigenvalue weighted by Crippen LogP contribution is 2.31. The minimum absolute atomic E-state index is 0.230. The number of pyridine rings is 1. The SMILES string of the molecule is CCCCCNC(=O)Nc1ccc(Oc2ccc(C)cc2OC)nc1. The number of hydrogen-bond acceptors (Lipinski definition) is 4. The number of amides is 2. The van der Waals surface area contributed by atoms with E-state index in [4.69, 9.17) is 9.47 Å². The van der Waals surface area contributed by atoms with Crippen LogP contribution in [0.5, 0.6) is 17.4 Å². The van der Waals surface area contributed by atoms with E-state index < -0.39 is 0 Å². The molecule has 0 radical (unpaired) electrons. The lowest BCUT2D eigenvalue weighted by atomic mass is 10.2. The van der Waals surface area contributed by atoms with Crippen LogP contribution in [0.15, 0.2) is 36.5 Å². The number of aromatic nitrogens is 1. The second kappa shape index (κ2) is 9.52. The Labute approximate surface area is 148 Å². The number of benzene rings is 1. The third-order valence-corrected chi connectivity index (χ3v) is 3.59. The molecule has 0 bridgehead atoms. The van der Waals surface area contributed by atoms with E-state index >= 15 is 0 Å². The molecular weight excluding hydrogens is 318 g/mol. The van der Waals surface area contributed by atoms with Gasteiger partial charge in [-0.1, -0.05) is 25.8 Å². The molecule has 0 aliphatic carbocycles. The Balaban J connectivity index is 1.90. The van der Waals surface area contributed by atoms with Gasteiger partial charge in [-0.25, -0.2) is 9.78 Å². The molecule has 25 heavy (non-hydrogen) atoms. The Bertz CT molecular complexity index is 687. The van der Waals surface area contributed by atoms with Crippen LogP contribution in [-0.2, 0) is 0 Å². The lowest BCUT2D eigenvalue weighted by Crippen LogP contribution is -2.29. The van der Waals surface area contributed by atoms with Gasteiger partial charge in [0.1, 0.15) is 0 Å². The van der Waals surface area contributed by atoms with E-state index in [-0.39, 0.29) is 6.03 Å². The van der Waals surface area contributed by atoms with Crippen molar-refractivity contribution in [3.05, 3.63) is 42.1 Å². The molecule has 6 heteroatoms. The molecule has 6 nitrogen and oxygen atoms in total. The molecule has 0 saturated carbocycles. The number of ether oxygens (including phenoxy) is 2. The molecule has 0 aliphatic rings. The van der Waals surface area contributed by atoms with Crippen molar-refractivity contribution in [2.45, 2.75) is 33.1 Å². The number of methoxy groups -OCH3 is 1. The zero-order valence-corrected chi connectivity index (χ0v) is 15.0. The summed E-state index contributed by atoms with van der Waals surface area (Å²) in [6.45, 7) is 4.78.